The van der Waals surface area contributed by atoms with Gasteiger partial charge in [-0.1, -0.05) is 116 Å². The van der Waals surface area contributed by atoms with Crippen molar-refractivity contribution >= 4 is 46.0 Å². The maximum atomic E-state index is 6.78. The fourth-order valence-electron chi connectivity index (χ4n) is 5.06. The summed E-state index contributed by atoms with van der Waals surface area (Å²) < 4.78 is 0. The fourth-order valence-corrected chi connectivity index (χ4v) is 5.73. The molecule has 0 aliphatic heterocycles. The van der Waals surface area contributed by atoms with Crippen molar-refractivity contribution in [1.82, 2.24) is 4.98 Å². The number of hydrogen-bond acceptors (Lipinski definition) is 3. The monoisotopic (exact) mass is 589 g/mol. The van der Waals surface area contributed by atoms with Crippen LogP contribution in [0.4, 0.5) is 11.4 Å². The van der Waals surface area contributed by atoms with Gasteiger partial charge in [0.15, 0.2) is 0 Å². The van der Waals surface area contributed by atoms with Gasteiger partial charge in [0.05, 0.1) is 44.2 Å². The topological polar surface area (TPSA) is 37.6 Å². The van der Waals surface area contributed by atoms with E-state index >= 15 is 0 Å². The van der Waals surface area contributed by atoms with Crippen LogP contribution in [0.15, 0.2) is 113 Å². The average molecular weight is 591 g/mol. The van der Waals surface area contributed by atoms with Crippen LogP contribution in [0.1, 0.15) is 58.6 Å². The van der Waals surface area contributed by atoms with Gasteiger partial charge in [-0.25, -0.2) is 15.0 Å². The smallest absolute Gasteiger partial charge is 0.0966 e. The lowest BCUT2D eigenvalue weighted by atomic mass is 10.0. The molecule has 5 aromatic rings. The molecule has 5 rings (SSSR count). The van der Waals surface area contributed by atoms with E-state index in [9.17, 15) is 0 Å². The summed E-state index contributed by atoms with van der Waals surface area (Å²) in [6.45, 7) is 8.34. The van der Waals surface area contributed by atoms with Crippen LogP contribution in [0, 0.1) is 13.8 Å². The second-order valence-corrected chi connectivity index (χ2v) is 11.1. The van der Waals surface area contributed by atoms with Gasteiger partial charge < -0.3 is 0 Å². The Bertz CT molecular complexity index is 1650. The summed E-state index contributed by atoms with van der Waals surface area (Å²) >= 11 is 13.6. The molecule has 42 heavy (non-hydrogen) atoms. The average Bonchev–Trinajstić information content (AvgIpc) is 3.00. The Balaban J connectivity index is 1.74. The minimum absolute atomic E-state index is 0.629. The molecule has 0 spiro atoms. The number of halogens is 2. The van der Waals surface area contributed by atoms with Crippen molar-refractivity contribution in [3.8, 4) is 0 Å². The van der Waals surface area contributed by atoms with Gasteiger partial charge in [0, 0.05) is 11.1 Å². The zero-order valence-corrected chi connectivity index (χ0v) is 25.8. The molecule has 3 nitrogen and oxygen atoms in total. The Morgan fingerprint density at radius 2 is 0.976 bits per heavy atom. The van der Waals surface area contributed by atoms with Crippen LogP contribution < -0.4 is 0 Å². The first-order valence-corrected chi connectivity index (χ1v) is 15.0. The highest BCUT2D eigenvalue weighted by Crippen LogP contribution is 2.34. The maximum absolute atomic E-state index is 6.78. The van der Waals surface area contributed by atoms with Gasteiger partial charge in [0.25, 0.3) is 0 Å². The van der Waals surface area contributed by atoms with Crippen LogP contribution in [0.25, 0.3) is 0 Å². The number of aryl methyl sites for hydroxylation is 4. The van der Waals surface area contributed by atoms with Crippen LogP contribution in [-0.4, -0.2) is 16.4 Å². The lowest BCUT2D eigenvalue weighted by Gasteiger charge is -2.14. The summed E-state index contributed by atoms with van der Waals surface area (Å²) in [4.78, 5) is 15.5. The number of benzene rings is 4. The summed E-state index contributed by atoms with van der Waals surface area (Å²) in [5, 5.41) is 1.26. The molecule has 4 aromatic carbocycles. The highest BCUT2D eigenvalue weighted by molar-refractivity contribution is 6.34. The lowest BCUT2D eigenvalue weighted by molar-refractivity contribution is 1.12. The Labute approximate surface area is 258 Å². The molecule has 0 unspecified atom stereocenters. The molecule has 0 N–H and O–H groups in total. The van der Waals surface area contributed by atoms with E-state index in [1.165, 1.54) is 0 Å². The summed E-state index contributed by atoms with van der Waals surface area (Å²) in [7, 11) is 0. The van der Waals surface area contributed by atoms with Crippen molar-refractivity contribution in [2.24, 2.45) is 9.98 Å². The number of nitrogens with zero attached hydrogens (tertiary/aromatic N) is 3. The van der Waals surface area contributed by atoms with Crippen molar-refractivity contribution in [1.29, 1.82) is 0 Å². The third kappa shape index (κ3) is 6.54. The highest BCUT2D eigenvalue weighted by atomic mass is 35.5. The SMILES string of the molecule is CCc1cc(C)cc(Cl)c1N=C(c1ccccc1)c1cccc(C(=Nc2c(Cl)cc(C)cc2CC)c2ccccc2)n1. The predicted octanol–water partition coefficient (Wildman–Crippen LogP) is 10.5. The summed E-state index contributed by atoms with van der Waals surface area (Å²) in [5.41, 5.74) is 10.8. The van der Waals surface area contributed by atoms with Crippen LogP contribution in [0.3, 0.4) is 0 Å². The molecule has 0 radical (unpaired) electrons. The number of rotatable bonds is 8. The largest absolute Gasteiger partial charge is 0.244 e. The van der Waals surface area contributed by atoms with Gasteiger partial charge in [-0.3, -0.25) is 0 Å². The second kappa shape index (κ2) is 13.3. The van der Waals surface area contributed by atoms with E-state index in [0.29, 0.717) is 10.0 Å². The van der Waals surface area contributed by atoms with Crippen LogP contribution in [0.2, 0.25) is 10.0 Å². The molecule has 0 saturated heterocycles. The quantitative estimate of drug-likeness (QED) is 0.166. The van der Waals surface area contributed by atoms with E-state index in [-0.39, 0.29) is 0 Å². The standard InChI is InChI=1S/C37H33Cl2N3/c1-5-26-20-24(3)22-30(38)34(26)41-36(28-14-9-7-10-15-28)32-18-13-19-33(40-32)37(29-16-11-8-12-17-29)42-35-27(6-2)21-25(4)23-31(35)39/h7-23H,5-6H2,1-4H3. The van der Waals surface area contributed by atoms with E-state index in [1.807, 2.05) is 91.0 Å². The van der Waals surface area contributed by atoms with Crippen molar-refractivity contribution in [3.05, 3.63) is 158 Å². The molecular weight excluding hydrogens is 557 g/mol. The van der Waals surface area contributed by atoms with E-state index in [1.54, 1.807) is 0 Å². The van der Waals surface area contributed by atoms with Gasteiger partial charge in [-0.2, -0.15) is 0 Å². The Hall–Kier alpha value is -4.05. The van der Waals surface area contributed by atoms with E-state index in [4.69, 9.17) is 38.2 Å². The van der Waals surface area contributed by atoms with Gasteiger partial charge >= 0.3 is 0 Å². The zero-order chi connectivity index (χ0) is 29.6. The molecule has 0 aliphatic carbocycles. The highest BCUT2D eigenvalue weighted by Gasteiger charge is 2.17. The molecule has 210 valence electrons. The number of aliphatic imine (C=N–C) groups is 2. The van der Waals surface area contributed by atoms with Crippen molar-refractivity contribution < 1.29 is 0 Å². The second-order valence-electron chi connectivity index (χ2n) is 10.3. The van der Waals surface area contributed by atoms with E-state index < -0.39 is 0 Å². The summed E-state index contributed by atoms with van der Waals surface area (Å²) in [6, 6.07) is 34.4. The molecule has 0 fully saturated rings. The van der Waals surface area contributed by atoms with Gasteiger partial charge in [-0.05, 0) is 73.2 Å². The minimum Gasteiger partial charge on any atom is -0.244 e. The first-order valence-electron chi connectivity index (χ1n) is 14.2. The van der Waals surface area contributed by atoms with Crippen molar-refractivity contribution in [2.45, 2.75) is 40.5 Å². The molecule has 0 saturated carbocycles. The molecular formula is C37H33Cl2N3. The van der Waals surface area contributed by atoms with E-state index in [0.717, 1.165) is 80.4 Å². The predicted molar refractivity (Wildman–Crippen MR) is 179 cm³/mol. The molecule has 0 amide bonds. The summed E-state index contributed by atoms with van der Waals surface area (Å²) in [6.07, 6.45) is 1.63. The normalized spacial score (nSPS) is 12.0. The Morgan fingerprint density at radius 3 is 1.36 bits per heavy atom. The number of pyridine rings is 1. The molecule has 1 aromatic heterocycles. The number of hydrogen-bond donors (Lipinski definition) is 0. The number of aromatic nitrogens is 1. The zero-order valence-electron chi connectivity index (χ0n) is 24.3. The van der Waals surface area contributed by atoms with Gasteiger partial charge in [0.2, 0.25) is 0 Å². The van der Waals surface area contributed by atoms with E-state index in [2.05, 4.69) is 39.8 Å². The maximum Gasteiger partial charge on any atom is 0.0966 e. The molecule has 0 aliphatic rings. The van der Waals surface area contributed by atoms with Crippen LogP contribution >= 0.6 is 23.2 Å². The lowest BCUT2D eigenvalue weighted by Crippen LogP contribution is -2.12. The van der Waals surface area contributed by atoms with Crippen molar-refractivity contribution in [2.75, 3.05) is 0 Å². The fraction of sp³-hybridized carbons (Fsp3) is 0.162. The third-order valence-electron chi connectivity index (χ3n) is 7.11. The van der Waals surface area contributed by atoms with Gasteiger partial charge in [-0.15, -0.1) is 0 Å². The summed E-state index contributed by atoms with van der Waals surface area (Å²) in [5.74, 6) is 0. The Morgan fingerprint density at radius 1 is 0.571 bits per heavy atom. The Kier molecular flexibility index (Phi) is 9.31. The molecule has 5 heteroatoms. The third-order valence-corrected chi connectivity index (χ3v) is 7.69. The van der Waals surface area contributed by atoms with Gasteiger partial charge in [0.1, 0.15) is 0 Å². The minimum atomic E-state index is 0.629. The molecule has 0 bridgehead atoms. The first kappa shape index (κ1) is 29.4. The van der Waals surface area contributed by atoms with Crippen LogP contribution in [0.5, 0.6) is 0 Å². The molecule has 1 heterocycles. The molecule has 0 atom stereocenters. The van der Waals surface area contributed by atoms with Crippen molar-refractivity contribution in [3.63, 3.8) is 0 Å². The first-order chi connectivity index (χ1) is 20.4. The van der Waals surface area contributed by atoms with Crippen LogP contribution in [-0.2, 0) is 12.8 Å².